The Morgan fingerprint density at radius 1 is 1.12 bits per heavy atom. The molecule has 0 aliphatic heterocycles. The highest BCUT2D eigenvalue weighted by Crippen LogP contribution is 2.22. The van der Waals surface area contributed by atoms with Gasteiger partial charge in [0.05, 0.1) is 23.2 Å². The molecule has 4 nitrogen and oxygen atoms in total. The Balaban J connectivity index is 2.51. The molecule has 2 aromatic rings. The second-order valence-corrected chi connectivity index (χ2v) is 8.40. The van der Waals surface area contributed by atoms with Crippen LogP contribution in [0.2, 0.25) is 0 Å². The lowest BCUT2D eigenvalue weighted by atomic mass is 10.0. The van der Waals surface area contributed by atoms with Crippen molar-refractivity contribution >= 4 is 32.7 Å². The van der Waals surface area contributed by atoms with Crippen LogP contribution in [0.4, 0.5) is 0 Å². The summed E-state index contributed by atoms with van der Waals surface area (Å²) in [5, 5.41) is 1.50. The van der Waals surface area contributed by atoms with Gasteiger partial charge in [-0.2, -0.15) is 0 Å². The van der Waals surface area contributed by atoms with E-state index in [0.29, 0.717) is 6.42 Å². The highest BCUT2D eigenvalue weighted by Gasteiger charge is 2.25. The van der Waals surface area contributed by atoms with Gasteiger partial charge in [0.2, 0.25) is 0 Å². The molecule has 0 saturated carbocycles. The van der Waals surface area contributed by atoms with Crippen molar-refractivity contribution in [3.63, 3.8) is 0 Å². The average molecular weight is 360 g/mol. The molecule has 1 unspecified atom stereocenters. The van der Waals surface area contributed by atoms with E-state index in [-0.39, 0.29) is 17.9 Å². The van der Waals surface area contributed by atoms with Crippen LogP contribution in [0.15, 0.2) is 48.0 Å². The molecule has 2 rings (SSSR count). The summed E-state index contributed by atoms with van der Waals surface area (Å²) >= 11 is 0. The van der Waals surface area contributed by atoms with E-state index >= 15 is 0 Å². The monoisotopic (exact) mass is 360 g/mol. The third kappa shape index (κ3) is 4.69. The van der Waals surface area contributed by atoms with Crippen LogP contribution in [0.3, 0.4) is 0 Å². The standard InChI is InChI=1S/C20H24O4S/c1-4-15(3)25(22,23)14-18(20(21)24-5-2)13-17-11-8-10-16-9-6-7-12-19(16)17/h6-13,15H,4-5,14H2,1-3H3. The zero-order chi connectivity index (χ0) is 18.4. The van der Waals surface area contributed by atoms with Gasteiger partial charge in [0, 0.05) is 0 Å². The van der Waals surface area contributed by atoms with Crippen molar-refractivity contribution < 1.29 is 17.9 Å². The summed E-state index contributed by atoms with van der Waals surface area (Å²) in [6, 6.07) is 13.5. The second-order valence-electron chi connectivity index (χ2n) is 5.98. The molecule has 0 radical (unpaired) electrons. The molecule has 0 aromatic heterocycles. The Kier molecular flexibility index (Phi) is 6.37. The van der Waals surface area contributed by atoms with Gasteiger partial charge in [0.25, 0.3) is 0 Å². The Labute approximate surface area is 149 Å². The number of esters is 1. The fourth-order valence-electron chi connectivity index (χ4n) is 2.56. The summed E-state index contributed by atoms with van der Waals surface area (Å²) in [6.45, 7) is 5.39. The van der Waals surface area contributed by atoms with E-state index in [0.717, 1.165) is 16.3 Å². The minimum atomic E-state index is -3.42. The minimum absolute atomic E-state index is 0.165. The zero-order valence-corrected chi connectivity index (χ0v) is 15.7. The molecule has 0 spiro atoms. The minimum Gasteiger partial charge on any atom is -0.463 e. The van der Waals surface area contributed by atoms with Crippen molar-refractivity contribution in [3.05, 3.63) is 53.6 Å². The fourth-order valence-corrected chi connectivity index (χ4v) is 3.99. The largest absolute Gasteiger partial charge is 0.463 e. The molecule has 134 valence electrons. The van der Waals surface area contributed by atoms with Gasteiger partial charge in [0.15, 0.2) is 9.84 Å². The van der Waals surface area contributed by atoms with E-state index in [1.807, 2.05) is 49.4 Å². The van der Waals surface area contributed by atoms with Crippen molar-refractivity contribution in [3.8, 4) is 0 Å². The molecule has 0 fully saturated rings. The van der Waals surface area contributed by atoms with Crippen LogP contribution in [0, 0.1) is 0 Å². The molecule has 0 amide bonds. The SMILES string of the molecule is CCOC(=O)C(=Cc1cccc2ccccc12)CS(=O)(=O)C(C)CC. The molecule has 0 aliphatic rings. The van der Waals surface area contributed by atoms with E-state index in [2.05, 4.69) is 0 Å². The second kappa shape index (κ2) is 8.30. The van der Waals surface area contributed by atoms with E-state index in [1.165, 1.54) is 0 Å². The first-order valence-corrected chi connectivity index (χ1v) is 10.2. The van der Waals surface area contributed by atoms with E-state index < -0.39 is 21.1 Å². The molecular formula is C20H24O4S. The summed E-state index contributed by atoms with van der Waals surface area (Å²) in [5.41, 5.74) is 0.971. The average Bonchev–Trinajstić information content (AvgIpc) is 2.60. The number of ether oxygens (including phenoxy) is 1. The molecule has 1 atom stereocenters. The first kappa shape index (κ1) is 19.2. The van der Waals surface area contributed by atoms with Gasteiger partial charge in [-0.25, -0.2) is 13.2 Å². The predicted octanol–water partition coefficient (Wildman–Crippen LogP) is 4.00. The highest BCUT2D eigenvalue weighted by molar-refractivity contribution is 7.92. The number of carbonyl (C=O) groups is 1. The maximum atomic E-state index is 12.5. The fraction of sp³-hybridized carbons (Fsp3) is 0.350. The van der Waals surface area contributed by atoms with Crippen LogP contribution < -0.4 is 0 Å². The molecule has 0 heterocycles. The van der Waals surface area contributed by atoms with Crippen molar-refractivity contribution in [1.29, 1.82) is 0 Å². The summed E-state index contributed by atoms with van der Waals surface area (Å²) < 4.78 is 30.0. The number of benzene rings is 2. The van der Waals surface area contributed by atoms with Crippen molar-refractivity contribution in [2.24, 2.45) is 0 Å². The van der Waals surface area contributed by atoms with E-state index in [1.54, 1.807) is 19.9 Å². The van der Waals surface area contributed by atoms with Gasteiger partial charge in [-0.15, -0.1) is 0 Å². The maximum absolute atomic E-state index is 12.5. The summed E-state index contributed by atoms with van der Waals surface area (Å²) in [5.74, 6) is -0.897. The third-order valence-electron chi connectivity index (χ3n) is 4.24. The number of carbonyl (C=O) groups excluding carboxylic acids is 1. The number of fused-ring (bicyclic) bond motifs is 1. The Bertz CT molecular complexity index is 876. The number of hydrogen-bond acceptors (Lipinski definition) is 4. The smallest absolute Gasteiger partial charge is 0.335 e. The maximum Gasteiger partial charge on any atom is 0.335 e. The Morgan fingerprint density at radius 3 is 2.48 bits per heavy atom. The van der Waals surface area contributed by atoms with Crippen LogP contribution in [0.25, 0.3) is 16.8 Å². The number of sulfone groups is 1. The van der Waals surface area contributed by atoms with Crippen LogP contribution >= 0.6 is 0 Å². The van der Waals surface area contributed by atoms with E-state index in [9.17, 15) is 13.2 Å². The molecule has 0 aliphatic carbocycles. The summed E-state index contributed by atoms with van der Waals surface area (Å²) in [7, 11) is -3.42. The van der Waals surface area contributed by atoms with Gasteiger partial charge in [-0.05, 0) is 42.7 Å². The van der Waals surface area contributed by atoms with Crippen LogP contribution in [0.1, 0.15) is 32.8 Å². The normalized spacial score (nSPS) is 13.6. The lowest BCUT2D eigenvalue weighted by molar-refractivity contribution is -0.138. The molecule has 2 aromatic carbocycles. The first-order valence-electron chi connectivity index (χ1n) is 8.46. The molecule has 0 saturated heterocycles. The molecule has 5 heteroatoms. The van der Waals surface area contributed by atoms with Gasteiger partial charge in [-0.3, -0.25) is 0 Å². The quantitative estimate of drug-likeness (QED) is 0.553. The number of hydrogen-bond donors (Lipinski definition) is 0. The predicted molar refractivity (Wildman–Crippen MR) is 102 cm³/mol. The molecule has 0 bridgehead atoms. The van der Waals surface area contributed by atoms with Crippen LogP contribution in [0.5, 0.6) is 0 Å². The van der Waals surface area contributed by atoms with Gasteiger partial charge < -0.3 is 4.74 Å². The molecular weight excluding hydrogens is 336 g/mol. The van der Waals surface area contributed by atoms with Gasteiger partial charge >= 0.3 is 5.97 Å². The van der Waals surface area contributed by atoms with Crippen LogP contribution in [-0.4, -0.2) is 32.0 Å². The van der Waals surface area contributed by atoms with Crippen molar-refractivity contribution in [2.75, 3.05) is 12.4 Å². The third-order valence-corrected chi connectivity index (χ3v) is 6.51. The Morgan fingerprint density at radius 2 is 1.80 bits per heavy atom. The van der Waals surface area contributed by atoms with Gasteiger partial charge in [0.1, 0.15) is 0 Å². The lowest BCUT2D eigenvalue weighted by Gasteiger charge is -2.13. The van der Waals surface area contributed by atoms with Gasteiger partial charge in [-0.1, -0.05) is 49.4 Å². The Hall–Kier alpha value is -2.14. The first-order chi connectivity index (χ1) is 11.9. The topological polar surface area (TPSA) is 60.4 Å². The lowest BCUT2D eigenvalue weighted by Crippen LogP contribution is -2.24. The van der Waals surface area contributed by atoms with Crippen LogP contribution in [-0.2, 0) is 19.4 Å². The highest BCUT2D eigenvalue weighted by atomic mass is 32.2. The molecule has 25 heavy (non-hydrogen) atoms. The van der Waals surface area contributed by atoms with Crippen molar-refractivity contribution in [1.82, 2.24) is 0 Å². The molecule has 0 N–H and O–H groups in total. The summed E-state index contributed by atoms with van der Waals surface area (Å²) in [4.78, 5) is 12.3. The van der Waals surface area contributed by atoms with E-state index in [4.69, 9.17) is 4.74 Å². The summed E-state index contributed by atoms with van der Waals surface area (Å²) in [6.07, 6.45) is 2.15. The number of rotatable bonds is 7. The zero-order valence-electron chi connectivity index (χ0n) is 14.9. The van der Waals surface area contributed by atoms with Crippen molar-refractivity contribution in [2.45, 2.75) is 32.4 Å².